The van der Waals surface area contributed by atoms with E-state index in [1.807, 2.05) is 25.1 Å². The van der Waals surface area contributed by atoms with Crippen LogP contribution in [0.3, 0.4) is 0 Å². The van der Waals surface area contributed by atoms with E-state index in [-0.39, 0.29) is 16.8 Å². The van der Waals surface area contributed by atoms with Crippen molar-refractivity contribution in [3.05, 3.63) is 86.3 Å². The van der Waals surface area contributed by atoms with Crippen LogP contribution in [0.1, 0.15) is 34.1 Å². The molecule has 156 valence electrons. The highest BCUT2D eigenvalue weighted by molar-refractivity contribution is 6.30. The van der Waals surface area contributed by atoms with Gasteiger partial charge in [0.2, 0.25) is 0 Å². The van der Waals surface area contributed by atoms with Crippen LogP contribution in [0.4, 0.5) is 0 Å². The number of rotatable bonds is 6. The zero-order valence-corrected chi connectivity index (χ0v) is 17.6. The molecule has 9 heteroatoms. The summed E-state index contributed by atoms with van der Waals surface area (Å²) in [4.78, 5) is 25.4. The lowest BCUT2D eigenvalue weighted by atomic mass is 10.1. The Morgan fingerprint density at radius 2 is 2.00 bits per heavy atom. The second kappa shape index (κ2) is 9.69. The summed E-state index contributed by atoms with van der Waals surface area (Å²) in [7, 11) is 0. The number of nitrogens with one attached hydrogen (secondary N) is 1. The molecule has 0 spiro atoms. The van der Waals surface area contributed by atoms with E-state index in [0.717, 1.165) is 4.68 Å². The van der Waals surface area contributed by atoms with Crippen LogP contribution in [0.2, 0.25) is 5.02 Å². The molecule has 3 aromatic rings. The van der Waals surface area contributed by atoms with E-state index in [0.29, 0.717) is 28.6 Å². The molecule has 1 amide bonds. The van der Waals surface area contributed by atoms with Gasteiger partial charge in [0.05, 0.1) is 18.5 Å². The van der Waals surface area contributed by atoms with Crippen molar-refractivity contribution in [2.24, 2.45) is 5.10 Å². The Morgan fingerprint density at radius 3 is 2.68 bits per heavy atom. The van der Waals surface area contributed by atoms with Gasteiger partial charge in [-0.05, 0) is 50.2 Å². The van der Waals surface area contributed by atoms with Gasteiger partial charge in [-0.15, -0.1) is 0 Å². The molecule has 2 aromatic carbocycles. The van der Waals surface area contributed by atoms with Crippen molar-refractivity contribution in [1.82, 2.24) is 15.2 Å². The second-order valence-corrected chi connectivity index (χ2v) is 6.76. The smallest absolute Gasteiger partial charge is 0.292 e. The molecule has 3 rings (SSSR count). The zero-order valence-electron chi connectivity index (χ0n) is 16.8. The van der Waals surface area contributed by atoms with E-state index < -0.39 is 11.5 Å². The molecular weight excluding hydrogens is 418 g/mol. The van der Waals surface area contributed by atoms with Crippen molar-refractivity contribution < 1.29 is 9.53 Å². The van der Waals surface area contributed by atoms with E-state index in [4.69, 9.17) is 16.3 Å². The number of nitrogens with zero attached hydrogens (tertiary/aromatic N) is 4. The molecule has 0 aliphatic heterocycles. The standard InChI is InChI=1S/C22H18ClN5O3/c1-3-31-19-7-5-4-6-15(19)13-25-26-21(29)20-14(2)18(12-24)22(30)28(27-20)17-10-8-16(23)9-11-17/h4-11,13H,3H2,1-2H3,(H,26,29)/b25-13+. The van der Waals surface area contributed by atoms with Crippen molar-refractivity contribution >= 4 is 23.7 Å². The highest BCUT2D eigenvalue weighted by Gasteiger charge is 2.20. The summed E-state index contributed by atoms with van der Waals surface area (Å²) < 4.78 is 6.51. The topological polar surface area (TPSA) is 109 Å². The minimum atomic E-state index is -0.665. The molecule has 0 saturated heterocycles. The number of halogens is 1. The van der Waals surface area contributed by atoms with Crippen molar-refractivity contribution in [3.8, 4) is 17.5 Å². The summed E-state index contributed by atoms with van der Waals surface area (Å²) in [6.45, 7) is 3.85. The lowest BCUT2D eigenvalue weighted by Crippen LogP contribution is -2.31. The number of carbonyl (C=O) groups excluding carboxylic acids is 1. The monoisotopic (exact) mass is 435 g/mol. The summed E-state index contributed by atoms with van der Waals surface area (Å²) in [5.41, 5.74) is 2.69. The molecule has 0 fully saturated rings. The molecule has 1 aromatic heterocycles. The minimum absolute atomic E-state index is 0.0960. The van der Waals surface area contributed by atoms with E-state index in [9.17, 15) is 14.9 Å². The predicted molar refractivity (Wildman–Crippen MR) is 117 cm³/mol. The Morgan fingerprint density at radius 1 is 1.29 bits per heavy atom. The number of aromatic nitrogens is 2. The number of benzene rings is 2. The number of amides is 1. The lowest BCUT2D eigenvalue weighted by Gasteiger charge is -2.10. The van der Waals surface area contributed by atoms with Crippen LogP contribution in [-0.4, -0.2) is 28.5 Å². The number of para-hydroxylation sites is 1. The highest BCUT2D eigenvalue weighted by Crippen LogP contribution is 2.16. The largest absolute Gasteiger partial charge is 0.493 e. The van der Waals surface area contributed by atoms with Crippen LogP contribution in [0.15, 0.2) is 58.4 Å². The fourth-order valence-corrected chi connectivity index (χ4v) is 2.92. The van der Waals surface area contributed by atoms with Crippen molar-refractivity contribution in [2.75, 3.05) is 6.61 Å². The number of carbonyl (C=O) groups is 1. The normalized spacial score (nSPS) is 10.6. The van der Waals surface area contributed by atoms with Gasteiger partial charge in [-0.1, -0.05) is 23.7 Å². The Labute approximate surface area is 183 Å². The molecule has 0 radical (unpaired) electrons. The fourth-order valence-electron chi connectivity index (χ4n) is 2.80. The number of hydrazone groups is 1. The van der Waals surface area contributed by atoms with E-state index in [1.54, 1.807) is 36.4 Å². The van der Waals surface area contributed by atoms with Crippen molar-refractivity contribution in [1.29, 1.82) is 5.26 Å². The highest BCUT2D eigenvalue weighted by atomic mass is 35.5. The maximum absolute atomic E-state index is 12.7. The van der Waals surface area contributed by atoms with Crippen LogP contribution in [-0.2, 0) is 0 Å². The van der Waals surface area contributed by atoms with Crippen LogP contribution in [0.25, 0.3) is 5.69 Å². The molecule has 1 heterocycles. The molecule has 1 N–H and O–H groups in total. The van der Waals surface area contributed by atoms with Gasteiger partial charge in [0, 0.05) is 16.1 Å². The number of ether oxygens (including phenoxy) is 1. The first-order valence-corrected chi connectivity index (χ1v) is 9.69. The van der Waals surface area contributed by atoms with Gasteiger partial charge in [-0.25, -0.2) is 5.43 Å². The molecule has 0 bridgehead atoms. The molecular formula is C22H18ClN5O3. The second-order valence-electron chi connectivity index (χ2n) is 6.32. The van der Waals surface area contributed by atoms with Crippen LogP contribution in [0.5, 0.6) is 5.75 Å². The van der Waals surface area contributed by atoms with Crippen LogP contribution >= 0.6 is 11.6 Å². The van der Waals surface area contributed by atoms with Crippen LogP contribution < -0.4 is 15.7 Å². The molecule has 31 heavy (non-hydrogen) atoms. The van der Waals surface area contributed by atoms with Gasteiger partial charge >= 0.3 is 0 Å². The number of nitriles is 1. The summed E-state index contributed by atoms with van der Waals surface area (Å²) in [6.07, 6.45) is 1.44. The first-order chi connectivity index (χ1) is 15.0. The summed E-state index contributed by atoms with van der Waals surface area (Å²) in [5, 5.41) is 18.0. The van der Waals surface area contributed by atoms with Crippen molar-refractivity contribution in [3.63, 3.8) is 0 Å². The van der Waals surface area contributed by atoms with Gasteiger partial charge in [0.1, 0.15) is 17.4 Å². The summed E-state index contributed by atoms with van der Waals surface area (Å²) in [5.74, 6) is -0.0396. The third-order valence-electron chi connectivity index (χ3n) is 4.32. The summed E-state index contributed by atoms with van der Waals surface area (Å²) >= 11 is 5.89. The molecule has 8 nitrogen and oxygen atoms in total. The molecule has 0 unspecified atom stereocenters. The Bertz CT molecular complexity index is 1240. The molecule has 0 saturated carbocycles. The van der Waals surface area contributed by atoms with Gasteiger partial charge < -0.3 is 4.74 Å². The van der Waals surface area contributed by atoms with E-state index in [2.05, 4.69) is 15.6 Å². The molecule has 0 aliphatic carbocycles. The Balaban J connectivity index is 1.94. The lowest BCUT2D eigenvalue weighted by molar-refractivity contribution is 0.0947. The first kappa shape index (κ1) is 21.7. The summed E-state index contributed by atoms with van der Waals surface area (Å²) in [6, 6.07) is 15.4. The third-order valence-corrected chi connectivity index (χ3v) is 4.58. The quantitative estimate of drug-likeness (QED) is 0.472. The average molecular weight is 436 g/mol. The van der Waals surface area contributed by atoms with Gasteiger partial charge in [0.15, 0.2) is 5.69 Å². The van der Waals surface area contributed by atoms with Crippen molar-refractivity contribution in [2.45, 2.75) is 13.8 Å². The number of hydrogen-bond acceptors (Lipinski definition) is 6. The van der Waals surface area contributed by atoms with Gasteiger partial charge in [0.25, 0.3) is 11.5 Å². The Hall–Kier alpha value is -3.96. The number of hydrogen-bond donors (Lipinski definition) is 1. The minimum Gasteiger partial charge on any atom is -0.493 e. The van der Waals surface area contributed by atoms with E-state index in [1.165, 1.54) is 13.1 Å². The maximum atomic E-state index is 12.7. The maximum Gasteiger partial charge on any atom is 0.292 e. The van der Waals surface area contributed by atoms with Gasteiger partial charge in [-0.3, -0.25) is 9.59 Å². The fraction of sp³-hybridized carbons (Fsp3) is 0.136. The van der Waals surface area contributed by atoms with Crippen LogP contribution in [0, 0.1) is 18.3 Å². The predicted octanol–water partition coefficient (Wildman–Crippen LogP) is 3.23. The first-order valence-electron chi connectivity index (χ1n) is 9.31. The SMILES string of the molecule is CCOc1ccccc1/C=N/NC(=O)c1nn(-c2ccc(Cl)cc2)c(=O)c(C#N)c1C. The molecule has 0 aliphatic rings. The van der Waals surface area contributed by atoms with E-state index >= 15 is 0 Å². The Kier molecular flexibility index (Phi) is 6.80. The third kappa shape index (κ3) is 4.79. The average Bonchev–Trinajstić information content (AvgIpc) is 2.76. The molecule has 0 atom stereocenters. The zero-order chi connectivity index (χ0) is 22.4. The van der Waals surface area contributed by atoms with Gasteiger partial charge in [-0.2, -0.15) is 20.1 Å².